The average Bonchev–Trinajstić information content (AvgIpc) is 3.26. The van der Waals surface area contributed by atoms with Crippen molar-refractivity contribution >= 4 is 5.65 Å². The number of rotatable bonds is 4. The predicted octanol–water partition coefficient (Wildman–Crippen LogP) is 0.553. The summed E-state index contributed by atoms with van der Waals surface area (Å²) in [6.45, 7) is 1.55. The number of nitrogens with one attached hydrogen (secondary N) is 1. The first kappa shape index (κ1) is 13.4. The van der Waals surface area contributed by atoms with Gasteiger partial charge in [-0.2, -0.15) is 10.2 Å². The van der Waals surface area contributed by atoms with Crippen LogP contribution in [0.4, 0.5) is 0 Å². The maximum absolute atomic E-state index is 8.99. The molecule has 114 valence electrons. The summed E-state index contributed by atoms with van der Waals surface area (Å²) >= 11 is 0. The van der Waals surface area contributed by atoms with Crippen molar-refractivity contribution < 1.29 is 9.84 Å². The molecular formula is C14H16N6O2. The first-order valence-corrected chi connectivity index (χ1v) is 7.28. The quantitative estimate of drug-likeness (QED) is 0.730. The molecule has 0 saturated carbocycles. The van der Waals surface area contributed by atoms with Gasteiger partial charge >= 0.3 is 0 Å². The van der Waals surface area contributed by atoms with E-state index in [2.05, 4.69) is 25.3 Å². The lowest BCUT2D eigenvalue weighted by Crippen LogP contribution is -1.99. The van der Waals surface area contributed by atoms with E-state index < -0.39 is 0 Å². The van der Waals surface area contributed by atoms with Gasteiger partial charge < -0.3 is 9.84 Å². The van der Waals surface area contributed by atoms with Crippen molar-refractivity contribution in [1.82, 2.24) is 29.8 Å². The number of H-pyrrole nitrogens is 1. The van der Waals surface area contributed by atoms with Crippen molar-refractivity contribution in [2.45, 2.75) is 18.8 Å². The molecule has 22 heavy (non-hydrogen) atoms. The van der Waals surface area contributed by atoms with Gasteiger partial charge in [-0.1, -0.05) is 0 Å². The second kappa shape index (κ2) is 5.47. The first-order chi connectivity index (χ1) is 10.8. The Kier molecular flexibility index (Phi) is 3.32. The molecule has 0 spiro atoms. The first-order valence-electron chi connectivity index (χ1n) is 7.28. The molecule has 8 heteroatoms. The number of ether oxygens (including phenoxy) is 1. The van der Waals surface area contributed by atoms with Crippen LogP contribution < -0.4 is 0 Å². The van der Waals surface area contributed by atoms with Crippen LogP contribution in [0, 0.1) is 0 Å². The van der Waals surface area contributed by atoms with Crippen LogP contribution in [0.1, 0.15) is 23.7 Å². The molecule has 1 unspecified atom stereocenters. The van der Waals surface area contributed by atoms with Crippen LogP contribution in [0.15, 0.2) is 18.6 Å². The van der Waals surface area contributed by atoms with Crippen molar-refractivity contribution in [3.63, 3.8) is 0 Å². The van der Waals surface area contributed by atoms with E-state index >= 15 is 0 Å². The minimum Gasteiger partial charge on any atom is -0.396 e. The Labute approximate surface area is 126 Å². The minimum absolute atomic E-state index is 0.0923. The van der Waals surface area contributed by atoms with Gasteiger partial charge in [-0.15, -0.1) is 0 Å². The minimum atomic E-state index is 0.0923. The van der Waals surface area contributed by atoms with Gasteiger partial charge in [0.2, 0.25) is 0 Å². The largest absolute Gasteiger partial charge is 0.396 e. The fourth-order valence-corrected chi connectivity index (χ4v) is 2.66. The van der Waals surface area contributed by atoms with Gasteiger partial charge in [0.15, 0.2) is 11.5 Å². The van der Waals surface area contributed by atoms with Gasteiger partial charge in [0.05, 0.1) is 18.4 Å². The smallest absolute Gasteiger partial charge is 0.186 e. The van der Waals surface area contributed by atoms with Gasteiger partial charge in [0, 0.05) is 31.5 Å². The van der Waals surface area contributed by atoms with Crippen molar-refractivity contribution in [1.29, 1.82) is 0 Å². The van der Waals surface area contributed by atoms with E-state index in [4.69, 9.17) is 9.84 Å². The van der Waals surface area contributed by atoms with Crippen LogP contribution in [-0.4, -0.2) is 54.7 Å². The van der Waals surface area contributed by atoms with E-state index in [1.807, 2.05) is 6.20 Å². The number of hydrogen-bond acceptors (Lipinski definition) is 6. The monoisotopic (exact) mass is 300 g/mol. The molecule has 0 bridgehead atoms. The molecule has 0 aromatic carbocycles. The van der Waals surface area contributed by atoms with E-state index in [1.165, 1.54) is 0 Å². The molecule has 4 rings (SSSR count). The molecule has 1 atom stereocenters. The van der Waals surface area contributed by atoms with Crippen LogP contribution in [-0.2, 0) is 11.2 Å². The van der Waals surface area contributed by atoms with Crippen molar-refractivity contribution in [2.75, 3.05) is 19.8 Å². The maximum Gasteiger partial charge on any atom is 0.186 e. The van der Waals surface area contributed by atoms with Crippen LogP contribution in [0.2, 0.25) is 0 Å². The highest BCUT2D eigenvalue weighted by molar-refractivity contribution is 5.71. The molecule has 0 radical (unpaired) electrons. The Hall–Kier alpha value is -2.32. The summed E-state index contributed by atoms with van der Waals surface area (Å²) < 4.78 is 7.07. The number of aromatic amines is 1. The lowest BCUT2D eigenvalue weighted by Gasteiger charge is -2.00. The van der Waals surface area contributed by atoms with E-state index in [0.717, 1.165) is 30.0 Å². The summed E-state index contributed by atoms with van der Waals surface area (Å²) in [6.07, 6.45) is 6.84. The second-order valence-corrected chi connectivity index (χ2v) is 5.37. The van der Waals surface area contributed by atoms with Crippen molar-refractivity contribution in [2.24, 2.45) is 0 Å². The van der Waals surface area contributed by atoms with Gasteiger partial charge in [-0.05, 0) is 18.4 Å². The zero-order valence-electron chi connectivity index (χ0n) is 11.9. The molecule has 3 aromatic heterocycles. The zero-order valence-corrected chi connectivity index (χ0v) is 11.9. The summed E-state index contributed by atoms with van der Waals surface area (Å²) in [5, 5.41) is 20.6. The van der Waals surface area contributed by atoms with E-state index in [9.17, 15) is 0 Å². The predicted molar refractivity (Wildman–Crippen MR) is 77.3 cm³/mol. The molecular weight excluding hydrogens is 284 g/mol. The topological polar surface area (TPSA) is 101 Å². The molecule has 0 aliphatic carbocycles. The van der Waals surface area contributed by atoms with Gasteiger partial charge in [-0.3, -0.25) is 5.10 Å². The average molecular weight is 300 g/mol. The molecule has 4 heterocycles. The third kappa shape index (κ3) is 2.26. The molecule has 8 nitrogen and oxygen atoms in total. The number of aromatic nitrogens is 6. The number of aliphatic hydroxyl groups excluding tert-OH is 1. The highest BCUT2D eigenvalue weighted by Gasteiger charge is 2.22. The van der Waals surface area contributed by atoms with Crippen LogP contribution in [0.25, 0.3) is 17.0 Å². The number of fused-ring (bicyclic) bond motifs is 1. The van der Waals surface area contributed by atoms with Crippen LogP contribution in [0.5, 0.6) is 0 Å². The van der Waals surface area contributed by atoms with Crippen LogP contribution >= 0.6 is 0 Å². The summed E-state index contributed by atoms with van der Waals surface area (Å²) in [4.78, 5) is 8.98. The Bertz CT molecular complexity index is 790. The highest BCUT2D eigenvalue weighted by atomic mass is 16.5. The number of aliphatic hydroxyl groups is 1. The van der Waals surface area contributed by atoms with E-state index in [0.29, 0.717) is 24.5 Å². The standard InChI is InChI=1S/C14H16N6O2/c21-3-1-9-5-15-14-11(6-16-20(14)7-9)13-17-12(18-19-13)10-2-4-22-8-10/h5-7,10,21H,1-4,8H2,(H,17,18,19). The third-order valence-corrected chi connectivity index (χ3v) is 3.87. The Morgan fingerprint density at radius 1 is 1.41 bits per heavy atom. The number of nitrogens with zero attached hydrogens (tertiary/aromatic N) is 5. The van der Waals surface area contributed by atoms with Gasteiger partial charge in [0.25, 0.3) is 0 Å². The van der Waals surface area contributed by atoms with Crippen molar-refractivity contribution in [3.8, 4) is 11.4 Å². The van der Waals surface area contributed by atoms with Crippen LogP contribution in [0.3, 0.4) is 0 Å². The second-order valence-electron chi connectivity index (χ2n) is 5.37. The SMILES string of the molecule is OCCc1cnc2c(-c3n[nH]c(C4CCOC4)n3)cnn2c1. The number of hydrogen-bond donors (Lipinski definition) is 2. The summed E-state index contributed by atoms with van der Waals surface area (Å²) in [5.74, 6) is 1.73. The molecule has 1 aliphatic heterocycles. The normalized spacial score (nSPS) is 18.3. The Balaban J connectivity index is 1.68. The fraction of sp³-hybridized carbons (Fsp3) is 0.429. The molecule has 1 fully saturated rings. The lowest BCUT2D eigenvalue weighted by atomic mass is 10.1. The van der Waals surface area contributed by atoms with Crippen molar-refractivity contribution in [3.05, 3.63) is 30.0 Å². The summed E-state index contributed by atoms with van der Waals surface area (Å²) in [6, 6.07) is 0. The van der Waals surface area contributed by atoms with E-state index in [-0.39, 0.29) is 12.5 Å². The Morgan fingerprint density at radius 2 is 2.36 bits per heavy atom. The molecule has 1 aliphatic rings. The lowest BCUT2D eigenvalue weighted by molar-refractivity contribution is 0.193. The Morgan fingerprint density at radius 3 is 3.18 bits per heavy atom. The molecule has 0 amide bonds. The summed E-state index contributed by atoms with van der Waals surface area (Å²) in [7, 11) is 0. The molecule has 2 N–H and O–H groups in total. The van der Waals surface area contributed by atoms with Gasteiger partial charge in [0.1, 0.15) is 5.82 Å². The zero-order chi connectivity index (χ0) is 14.9. The van der Waals surface area contributed by atoms with E-state index in [1.54, 1.807) is 16.9 Å². The molecule has 3 aromatic rings. The summed E-state index contributed by atoms with van der Waals surface area (Å²) in [5.41, 5.74) is 2.43. The fourth-order valence-electron chi connectivity index (χ4n) is 2.66. The highest BCUT2D eigenvalue weighted by Crippen LogP contribution is 2.25. The third-order valence-electron chi connectivity index (χ3n) is 3.87. The molecule has 1 saturated heterocycles. The van der Waals surface area contributed by atoms with Gasteiger partial charge in [-0.25, -0.2) is 14.5 Å². The maximum atomic E-state index is 8.99.